The fourth-order valence-corrected chi connectivity index (χ4v) is 4.39. The zero-order chi connectivity index (χ0) is 22.8. The largest absolute Gasteiger partial charge is 0.339 e. The Morgan fingerprint density at radius 3 is 2.12 bits per heavy atom. The van der Waals surface area contributed by atoms with Crippen LogP contribution in [0.5, 0.6) is 0 Å². The summed E-state index contributed by atoms with van der Waals surface area (Å²) in [6, 6.07) is 26.2. The molecule has 1 aliphatic rings. The molecule has 0 N–H and O–H groups in total. The number of benzene rings is 3. The van der Waals surface area contributed by atoms with E-state index in [1.807, 2.05) is 65.6 Å². The number of hydrogen-bond donors (Lipinski definition) is 0. The molecule has 0 atom stereocenters. The molecule has 6 nitrogen and oxygen atoms in total. The van der Waals surface area contributed by atoms with Gasteiger partial charge in [0.2, 0.25) is 5.91 Å². The number of para-hydroxylation sites is 2. The number of imidazole rings is 1. The van der Waals surface area contributed by atoms with Gasteiger partial charge in [-0.05, 0) is 29.8 Å². The highest BCUT2D eigenvalue weighted by atomic mass is 16.2. The van der Waals surface area contributed by atoms with E-state index >= 15 is 0 Å². The van der Waals surface area contributed by atoms with Gasteiger partial charge in [0.1, 0.15) is 5.82 Å². The Morgan fingerprint density at radius 2 is 1.42 bits per heavy atom. The second-order valence-corrected chi connectivity index (χ2v) is 8.37. The lowest BCUT2D eigenvalue weighted by molar-refractivity contribution is -0.130. The maximum absolute atomic E-state index is 13.0. The molecule has 4 aromatic rings. The molecular formula is C27H26N4O2. The summed E-state index contributed by atoms with van der Waals surface area (Å²) < 4.78 is 2.22. The van der Waals surface area contributed by atoms with Crippen LogP contribution in [0.1, 0.15) is 22.8 Å². The zero-order valence-electron chi connectivity index (χ0n) is 18.6. The van der Waals surface area contributed by atoms with Gasteiger partial charge in [-0.25, -0.2) is 4.98 Å². The van der Waals surface area contributed by atoms with Gasteiger partial charge in [-0.2, -0.15) is 0 Å². The van der Waals surface area contributed by atoms with Gasteiger partial charge in [-0.15, -0.1) is 0 Å². The van der Waals surface area contributed by atoms with Crippen molar-refractivity contribution in [2.45, 2.75) is 13.5 Å². The predicted octanol–water partition coefficient (Wildman–Crippen LogP) is 4.06. The molecule has 0 spiro atoms. The highest BCUT2D eigenvalue weighted by Gasteiger charge is 2.23. The monoisotopic (exact) mass is 438 g/mol. The van der Waals surface area contributed by atoms with Crippen molar-refractivity contribution in [3.05, 3.63) is 90.0 Å². The van der Waals surface area contributed by atoms with Crippen molar-refractivity contribution in [3.63, 3.8) is 0 Å². The minimum absolute atomic E-state index is 0.00235. The Labute approximate surface area is 193 Å². The van der Waals surface area contributed by atoms with Crippen molar-refractivity contribution in [1.29, 1.82) is 0 Å². The van der Waals surface area contributed by atoms with Crippen LogP contribution in [0.2, 0.25) is 0 Å². The van der Waals surface area contributed by atoms with E-state index in [-0.39, 0.29) is 11.8 Å². The van der Waals surface area contributed by atoms with Crippen LogP contribution in [0.4, 0.5) is 0 Å². The van der Waals surface area contributed by atoms with Crippen LogP contribution >= 0.6 is 0 Å². The molecule has 0 bridgehead atoms. The molecule has 2 amide bonds. The van der Waals surface area contributed by atoms with Gasteiger partial charge in [0.05, 0.1) is 11.0 Å². The molecular weight excluding hydrogens is 412 g/mol. The van der Waals surface area contributed by atoms with Gasteiger partial charge in [-0.3, -0.25) is 9.59 Å². The van der Waals surface area contributed by atoms with Crippen LogP contribution in [-0.4, -0.2) is 57.3 Å². The summed E-state index contributed by atoms with van der Waals surface area (Å²) in [5, 5.41) is 0. The molecule has 1 aromatic heterocycles. The maximum atomic E-state index is 13.0. The topological polar surface area (TPSA) is 58.4 Å². The van der Waals surface area contributed by atoms with E-state index in [0.717, 1.165) is 29.0 Å². The third-order valence-corrected chi connectivity index (χ3v) is 6.24. The molecule has 1 aliphatic heterocycles. The third-order valence-electron chi connectivity index (χ3n) is 6.24. The van der Waals surface area contributed by atoms with Crippen LogP contribution in [0.25, 0.3) is 22.4 Å². The van der Waals surface area contributed by atoms with E-state index < -0.39 is 0 Å². The number of carbonyl (C=O) groups is 2. The quantitative estimate of drug-likeness (QED) is 0.483. The third kappa shape index (κ3) is 4.24. The van der Waals surface area contributed by atoms with Gasteiger partial charge in [0.15, 0.2) is 0 Å². The highest BCUT2D eigenvalue weighted by Crippen LogP contribution is 2.26. The van der Waals surface area contributed by atoms with Crippen LogP contribution in [0.15, 0.2) is 78.9 Å². The number of carbonyl (C=O) groups excluding carboxylic acids is 2. The zero-order valence-corrected chi connectivity index (χ0v) is 18.6. The lowest BCUT2D eigenvalue weighted by Crippen LogP contribution is -2.50. The Balaban J connectivity index is 1.41. The second kappa shape index (κ2) is 8.90. The lowest BCUT2D eigenvalue weighted by atomic mass is 10.1. The first-order valence-electron chi connectivity index (χ1n) is 11.2. The molecule has 33 heavy (non-hydrogen) atoms. The molecule has 0 saturated carbocycles. The first-order chi connectivity index (χ1) is 16.1. The Hall–Kier alpha value is -3.93. The van der Waals surface area contributed by atoms with Crippen molar-refractivity contribution in [2.75, 3.05) is 26.2 Å². The molecule has 2 heterocycles. The van der Waals surface area contributed by atoms with Crippen LogP contribution in [0.3, 0.4) is 0 Å². The average molecular weight is 439 g/mol. The van der Waals surface area contributed by atoms with Gasteiger partial charge >= 0.3 is 0 Å². The van der Waals surface area contributed by atoms with Crippen molar-refractivity contribution in [2.24, 2.45) is 0 Å². The Morgan fingerprint density at radius 1 is 0.788 bits per heavy atom. The summed E-state index contributed by atoms with van der Waals surface area (Å²) >= 11 is 0. The summed E-state index contributed by atoms with van der Waals surface area (Å²) in [6.07, 6.45) is 0. The molecule has 166 valence electrons. The fourth-order valence-electron chi connectivity index (χ4n) is 4.39. The molecule has 0 aliphatic carbocycles. The van der Waals surface area contributed by atoms with E-state index in [2.05, 4.69) is 22.8 Å². The number of nitrogens with zero attached hydrogens (tertiary/aromatic N) is 4. The number of hydrogen-bond acceptors (Lipinski definition) is 3. The predicted molar refractivity (Wildman–Crippen MR) is 129 cm³/mol. The van der Waals surface area contributed by atoms with E-state index in [1.165, 1.54) is 5.56 Å². The molecule has 0 radical (unpaired) electrons. The van der Waals surface area contributed by atoms with Crippen LogP contribution in [0, 0.1) is 0 Å². The van der Waals surface area contributed by atoms with Gasteiger partial charge < -0.3 is 14.4 Å². The molecule has 1 fully saturated rings. The first-order valence-corrected chi connectivity index (χ1v) is 11.2. The van der Waals surface area contributed by atoms with Crippen molar-refractivity contribution in [1.82, 2.24) is 19.4 Å². The number of aromatic nitrogens is 2. The van der Waals surface area contributed by atoms with E-state index in [1.54, 1.807) is 11.8 Å². The van der Waals surface area contributed by atoms with Gasteiger partial charge in [0.25, 0.3) is 5.91 Å². The minimum Gasteiger partial charge on any atom is -0.339 e. The Bertz CT molecular complexity index is 1290. The molecule has 1 saturated heterocycles. The SMILES string of the molecule is CC(=O)N1CCN(C(=O)c2ccc(-c3nc4ccccc4n3Cc3ccccc3)cc2)CC1. The summed E-state index contributed by atoms with van der Waals surface area (Å²) in [5.74, 6) is 0.946. The summed E-state index contributed by atoms with van der Waals surface area (Å²) in [5.41, 5.74) is 4.87. The van der Waals surface area contributed by atoms with Crippen LogP contribution < -0.4 is 0 Å². The second-order valence-electron chi connectivity index (χ2n) is 8.37. The lowest BCUT2D eigenvalue weighted by Gasteiger charge is -2.34. The average Bonchev–Trinajstić information content (AvgIpc) is 3.23. The Kier molecular flexibility index (Phi) is 5.65. The summed E-state index contributed by atoms with van der Waals surface area (Å²) in [7, 11) is 0. The number of amides is 2. The highest BCUT2D eigenvalue weighted by molar-refractivity contribution is 5.95. The van der Waals surface area contributed by atoms with E-state index in [0.29, 0.717) is 31.7 Å². The number of rotatable bonds is 4. The number of fused-ring (bicyclic) bond motifs is 1. The number of piperazine rings is 1. The van der Waals surface area contributed by atoms with Gasteiger partial charge in [-0.1, -0.05) is 54.6 Å². The normalized spacial score (nSPS) is 14.0. The minimum atomic E-state index is 0.00235. The molecule has 5 rings (SSSR count). The molecule has 0 unspecified atom stereocenters. The summed E-state index contributed by atoms with van der Waals surface area (Å²) in [6.45, 7) is 4.59. The molecule has 6 heteroatoms. The van der Waals surface area contributed by atoms with Crippen molar-refractivity contribution < 1.29 is 9.59 Å². The van der Waals surface area contributed by atoms with Gasteiger partial charge in [0, 0.05) is 50.8 Å². The maximum Gasteiger partial charge on any atom is 0.253 e. The first kappa shape index (κ1) is 20.9. The smallest absolute Gasteiger partial charge is 0.253 e. The fraction of sp³-hybridized carbons (Fsp3) is 0.222. The summed E-state index contributed by atoms with van der Waals surface area (Å²) in [4.78, 5) is 33.0. The van der Waals surface area contributed by atoms with Crippen LogP contribution in [-0.2, 0) is 11.3 Å². The van der Waals surface area contributed by atoms with E-state index in [4.69, 9.17) is 4.98 Å². The van der Waals surface area contributed by atoms with Crippen molar-refractivity contribution in [3.8, 4) is 11.4 Å². The van der Waals surface area contributed by atoms with Crippen molar-refractivity contribution >= 4 is 22.8 Å². The standard InChI is InChI=1S/C27H26N4O2/c1-20(32)29-15-17-30(18-16-29)27(33)23-13-11-22(12-14-23)26-28-24-9-5-6-10-25(24)31(26)19-21-7-3-2-4-8-21/h2-14H,15-19H2,1H3. The van der Waals surface area contributed by atoms with E-state index in [9.17, 15) is 9.59 Å². The molecule has 3 aromatic carbocycles.